The molecule has 0 saturated heterocycles. The number of hydrogen-bond donors (Lipinski definition) is 0. The van der Waals surface area contributed by atoms with E-state index in [2.05, 4.69) is 13.8 Å². The van der Waals surface area contributed by atoms with E-state index in [-0.39, 0.29) is 11.9 Å². The van der Waals surface area contributed by atoms with Crippen molar-refractivity contribution >= 4 is 11.9 Å². The van der Waals surface area contributed by atoms with Crippen molar-refractivity contribution in [1.82, 2.24) is 0 Å². The van der Waals surface area contributed by atoms with Crippen molar-refractivity contribution in [2.75, 3.05) is 0 Å². The maximum absolute atomic E-state index is 12.9. The van der Waals surface area contributed by atoms with E-state index in [9.17, 15) is 9.59 Å². The average molecular weight is 487 g/mol. The van der Waals surface area contributed by atoms with Crippen LogP contribution in [0.3, 0.4) is 0 Å². The van der Waals surface area contributed by atoms with Crippen molar-refractivity contribution in [2.45, 2.75) is 157 Å². The topological polar surface area (TPSA) is 71.1 Å². The van der Waals surface area contributed by atoms with Gasteiger partial charge in [-0.1, -0.05) is 67.2 Å². The molecular weight excluding hydrogens is 432 g/mol. The van der Waals surface area contributed by atoms with Gasteiger partial charge >= 0.3 is 11.9 Å². The van der Waals surface area contributed by atoms with E-state index in [0.29, 0.717) is 12.8 Å². The molecule has 0 aliphatic heterocycles. The van der Waals surface area contributed by atoms with Crippen LogP contribution in [0.1, 0.15) is 146 Å². The summed E-state index contributed by atoms with van der Waals surface area (Å²) >= 11 is 0. The Morgan fingerprint density at radius 2 is 0.824 bits per heavy atom. The second kappa shape index (κ2) is 15.1. The summed E-state index contributed by atoms with van der Waals surface area (Å²) in [5.74, 6) is -0.572. The van der Waals surface area contributed by atoms with Crippen LogP contribution >= 0.6 is 0 Å². The van der Waals surface area contributed by atoms with Gasteiger partial charge in [0, 0.05) is 0 Å². The van der Waals surface area contributed by atoms with Crippen LogP contribution in [0.2, 0.25) is 0 Å². The molecule has 0 amide bonds. The largest absolute Gasteiger partial charge is 0.348 e. The second-order valence-corrected chi connectivity index (χ2v) is 11.1. The number of unbranched alkanes of at least 4 members (excludes halogenated alkanes) is 2. The molecule has 0 aromatic carbocycles. The first-order valence-corrected chi connectivity index (χ1v) is 13.6. The van der Waals surface area contributed by atoms with E-state index in [1.54, 1.807) is 0 Å². The van der Waals surface area contributed by atoms with Gasteiger partial charge in [0.1, 0.15) is 11.2 Å². The first kappa shape index (κ1) is 32.9. The van der Waals surface area contributed by atoms with Crippen molar-refractivity contribution in [3.63, 3.8) is 0 Å². The Hall–Kier alpha value is -1.14. The Kier molecular flexibility index (Phi) is 14.6. The molecule has 0 aromatic heterocycles. The van der Waals surface area contributed by atoms with Gasteiger partial charge in [-0.3, -0.25) is 9.78 Å². The number of carbonyl (C=O) groups is 2. The summed E-state index contributed by atoms with van der Waals surface area (Å²) in [4.78, 5) is 47.7. The van der Waals surface area contributed by atoms with Crippen LogP contribution in [0.15, 0.2) is 0 Å². The number of carbonyl (C=O) groups excluding carboxylic acids is 2. The highest BCUT2D eigenvalue weighted by atomic mass is 17.2. The van der Waals surface area contributed by atoms with E-state index in [4.69, 9.17) is 19.6 Å². The smallest absolute Gasteiger partial charge is 0.297 e. The molecule has 0 aromatic rings. The maximum Gasteiger partial charge on any atom is 0.348 e. The molecule has 0 bridgehead atoms. The van der Waals surface area contributed by atoms with E-state index in [1.165, 1.54) is 0 Å². The zero-order valence-corrected chi connectivity index (χ0v) is 23.9. The average Bonchev–Trinajstić information content (AvgIpc) is 2.82. The van der Waals surface area contributed by atoms with Crippen LogP contribution in [0.25, 0.3) is 0 Å². The Bertz CT molecular complexity index is 536. The quantitative estimate of drug-likeness (QED) is 0.135. The van der Waals surface area contributed by atoms with Crippen molar-refractivity contribution in [2.24, 2.45) is 10.8 Å². The van der Waals surface area contributed by atoms with Crippen LogP contribution in [0, 0.1) is 10.8 Å². The molecule has 0 rings (SSSR count). The molecule has 0 heterocycles. The Labute approximate surface area is 209 Å². The van der Waals surface area contributed by atoms with Crippen LogP contribution in [-0.4, -0.2) is 23.1 Å². The fourth-order valence-electron chi connectivity index (χ4n) is 4.18. The third-order valence-electron chi connectivity index (χ3n) is 7.61. The van der Waals surface area contributed by atoms with Gasteiger partial charge in [-0.05, 0) is 79.1 Å². The lowest BCUT2D eigenvalue weighted by Gasteiger charge is -2.33. The van der Waals surface area contributed by atoms with Gasteiger partial charge in [0.05, 0.1) is 10.8 Å². The molecule has 0 atom stereocenters. The summed E-state index contributed by atoms with van der Waals surface area (Å²) in [6.45, 7) is 19.9. The monoisotopic (exact) mass is 486 g/mol. The first-order valence-electron chi connectivity index (χ1n) is 13.6. The lowest BCUT2D eigenvalue weighted by Crippen LogP contribution is -2.38. The Morgan fingerprint density at radius 1 is 0.529 bits per heavy atom. The molecule has 0 saturated carbocycles. The van der Waals surface area contributed by atoms with Crippen LogP contribution in [0.4, 0.5) is 0 Å². The van der Waals surface area contributed by atoms with Crippen molar-refractivity contribution in [1.29, 1.82) is 0 Å². The van der Waals surface area contributed by atoms with Gasteiger partial charge in [0.25, 0.3) is 0 Å². The molecule has 0 aliphatic rings. The second-order valence-electron chi connectivity index (χ2n) is 11.1. The van der Waals surface area contributed by atoms with E-state index >= 15 is 0 Å². The molecule has 202 valence electrons. The molecule has 34 heavy (non-hydrogen) atoms. The van der Waals surface area contributed by atoms with E-state index < -0.39 is 22.0 Å². The summed E-state index contributed by atoms with van der Waals surface area (Å²) in [6.07, 6.45) is 9.71. The van der Waals surface area contributed by atoms with Crippen molar-refractivity contribution in [3.05, 3.63) is 0 Å². The van der Waals surface area contributed by atoms with Crippen molar-refractivity contribution in [3.8, 4) is 0 Å². The summed E-state index contributed by atoms with van der Waals surface area (Å²) in [5, 5.41) is 0. The SMILES string of the molecule is CCCCC(CC)(CC)C(=O)OOC(C)(C)CCC(C)(C)OOC(=O)C(CC)(CC)CCCC. The lowest BCUT2D eigenvalue weighted by molar-refractivity contribution is -0.346. The minimum absolute atomic E-state index is 0.286. The Balaban J connectivity index is 4.89. The summed E-state index contributed by atoms with van der Waals surface area (Å²) in [7, 11) is 0. The lowest BCUT2D eigenvalue weighted by atomic mass is 9.78. The normalized spacial score (nSPS) is 13.1. The minimum atomic E-state index is -0.698. The standard InChI is InChI=1S/C28H54O6/c1-11-17-19-27(13-3,14-4)23(29)31-33-25(7,8)21-22-26(9,10)34-32-24(30)28(15-5,16-6)20-18-12-2/h11-22H2,1-10H3. The molecular formula is C28H54O6. The fraction of sp³-hybridized carbons (Fsp3) is 0.929. The van der Waals surface area contributed by atoms with Crippen LogP contribution in [-0.2, 0) is 29.1 Å². The zero-order chi connectivity index (χ0) is 26.5. The molecule has 0 aliphatic carbocycles. The van der Waals surface area contributed by atoms with E-state index in [1.807, 2.05) is 55.4 Å². The zero-order valence-electron chi connectivity index (χ0n) is 23.9. The molecule has 0 unspecified atom stereocenters. The Morgan fingerprint density at radius 3 is 1.06 bits per heavy atom. The highest BCUT2D eigenvalue weighted by molar-refractivity contribution is 5.76. The van der Waals surface area contributed by atoms with Gasteiger partial charge in [0.2, 0.25) is 0 Å². The molecule has 6 nitrogen and oxygen atoms in total. The van der Waals surface area contributed by atoms with Gasteiger partial charge in [-0.25, -0.2) is 9.59 Å². The molecule has 0 radical (unpaired) electrons. The predicted octanol–water partition coefficient (Wildman–Crippen LogP) is 8.27. The summed E-state index contributed by atoms with van der Waals surface area (Å²) in [6, 6.07) is 0. The molecule has 0 fully saturated rings. The number of rotatable bonds is 19. The molecule has 6 heteroatoms. The maximum atomic E-state index is 12.9. The minimum Gasteiger partial charge on any atom is -0.297 e. The summed E-state index contributed by atoms with van der Waals surface area (Å²) in [5.41, 5.74) is -2.39. The van der Waals surface area contributed by atoms with Crippen LogP contribution < -0.4 is 0 Å². The highest BCUT2D eigenvalue weighted by Crippen LogP contribution is 2.36. The third kappa shape index (κ3) is 10.2. The van der Waals surface area contributed by atoms with Gasteiger partial charge in [-0.15, -0.1) is 0 Å². The van der Waals surface area contributed by atoms with Gasteiger partial charge in [-0.2, -0.15) is 9.78 Å². The highest BCUT2D eigenvalue weighted by Gasteiger charge is 2.40. The third-order valence-corrected chi connectivity index (χ3v) is 7.61. The van der Waals surface area contributed by atoms with Crippen molar-refractivity contribution < 1.29 is 29.1 Å². The molecule has 0 N–H and O–H groups in total. The van der Waals surface area contributed by atoms with Crippen LogP contribution in [0.5, 0.6) is 0 Å². The van der Waals surface area contributed by atoms with Gasteiger partial charge in [0.15, 0.2) is 0 Å². The molecule has 0 spiro atoms. The summed E-state index contributed by atoms with van der Waals surface area (Å²) < 4.78 is 0. The van der Waals surface area contributed by atoms with E-state index in [0.717, 1.165) is 64.2 Å². The fourth-order valence-corrected chi connectivity index (χ4v) is 4.18. The number of hydrogen-bond acceptors (Lipinski definition) is 6. The van der Waals surface area contributed by atoms with Gasteiger partial charge < -0.3 is 0 Å². The first-order chi connectivity index (χ1) is 15.8. The predicted molar refractivity (Wildman–Crippen MR) is 137 cm³/mol.